The number of benzene rings is 1. The molecule has 4 heteroatoms. The summed E-state index contributed by atoms with van der Waals surface area (Å²) in [7, 11) is 0. The second kappa shape index (κ2) is 6.09. The minimum absolute atomic E-state index is 0.295. The molecule has 1 heterocycles. The van der Waals surface area contributed by atoms with Gasteiger partial charge in [-0.3, -0.25) is 0 Å². The predicted molar refractivity (Wildman–Crippen MR) is 84.7 cm³/mol. The lowest BCUT2D eigenvalue weighted by Gasteiger charge is -2.23. The van der Waals surface area contributed by atoms with E-state index in [2.05, 4.69) is 52.6 Å². The first kappa shape index (κ1) is 13.9. The van der Waals surface area contributed by atoms with E-state index in [0.29, 0.717) is 12.0 Å². The average molecular weight is 345 g/mol. The Balaban J connectivity index is 2.24. The zero-order valence-corrected chi connectivity index (χ0v) is 13.4. The molecule has 1 atom stereocenters. The van der Waals surface area contributed by atoms with Crippen LogP contribution in [0.25, 0.3) is 0 Å². The summed E-state index contributed by atoms with van der Waals surface area (Å²) in [4.78, 5) is 1.34. The first-order valence-electron chi connectivity index (χ1n) is 5.83. The van der Waals surface area contributed by atoms with E-state index in [9.17, 15) is 0 Å². The highest BCUT2D eigenvalue weighted by Crippen LogP contribution is 2.33. The molecule has 96 valence electrons. The average Bonchev–Trinajstić information content (AvgIpc) is 2.80. The van der Waals surface area contributed by atoms with Gasteiger partial charge in [-0.15, -0.1) is 11.3 Å². The Labute approximate surface area is 125 Å². The molecule has 1 unspecified atom stereocenters. The summed E-state index contributed by atoms with van der Waals surface area (Å²) in [6.45, 7) is 4.42. The maximum Gasteiger partial charge on any atom is 0.0648 e. The Hall–Kier alpha value is -0.510. The van der Waals surface area contributed by atoms with Gasteiger partial charge >= 0.3 is 0 Å². The van der Waals surface area contributed by atoms with Gasteiger partial charge in [0.25, 0.3) is 0 Å². The number of thiophene rings is 1. The summed E-state index contributed by atoms with van der Waals surface area (Å²) >= 11 is 11.4. The van der Waals surface area contributed by atoms with Gasteiger partial charge in [0.2, 0.25) is 0 Å². The van der Waals surface area contributed by atoms with E-state index >= 15 is 0 Å². The van der Waals surface area contributed by atoms with E-state index in [1.165, 1.54) is 4.88 Å². The van der Waals surface area contributed by atoms with Crippen molar-refractivity contribution in [3.05, 3.63) is 50.1 Å². The Kier molecular flexibility index (Phi) is 4.71. The molecule has 0 spiro atoms. The highest BCUT2D eigenvalue weighted by Gasteiger charge is 2.17. The van der Waals surface area contributed by atoms with Crippen molar-refractivity contribution < 1.29 is 0 Å². The topological polar surface area (TPSA) is 12.0 Å². The van der Waals surface area contributed by atoms with Crippen LogP contribution in [0.15, 0.2) is 40.2 Å². The fourth-order valence-corrected chi connectivity index (χ4v) is 3.49. The molecule has 2 aromatic rings. The van der Waals surface area contributed by atoms with Gasteiger partial charge in [0, 0.05) is 9.35 Å². The molecule has 2 rings (SSSR count). The highest BCUT2D eigenvalue weighted by molar-refractivity contribution is 9.10. The maximum atomic E-state index is 6.25. The molecule has 1 N–H and O–H groups in total. The minimum Gasteiger partial charge on any atom is -0.376 e. The lowest BCUT2D eigenvalue weighted by Crippen LogP contribution is -2.15. The van der Waals surface area contributed by atoms with Crippen molar-refractivity contribution in [2.75, 3.05) is 5.32 Å². The lowest BCUT2D eigenvalue weighted by molar-refractivity contribution is 0.554. The number of rotatable bonds is 4. The molecular weight excluding hydrogens is 330 g/mol. The predicted octanol–water partition coefficient (Wildman–Crippen LogP) is 5.97. The zero-order valence-electron chi connectivity index (χ0n) is 10.3. The maximum absolute atomic E-state index is 6.25. The van der Waals surface area contributed by atoms with Crippen LogP contribution in [-0.4, -0.2) is 0 Å². The molecule has 0 saturated carbocycles. The van der Waals surface area contributed by atoms with Gasteiger partial charge in [-0.25, -0.2) is 0 Å². The monoisotopic (exact) mass is 343 g/mol. The number of anilines is 1. The molecule has 0 bridgehead atoms. The van der Waals surface area contributed by atoms with E-state index in [-0.39, 0.29) is 0 Å². The molecule has 1 nitrogen and oxygen atoms in total. The van der Waals surface area contributed by atoms with Crippen molar-refractivity contribution in [1.29, 1.82) is 0 Å². The third-order valence-corrected chi connectivity index (χ3v) is 4.52. The third-order valence-electron chi connectivity index (χ3n) is 2.76. The Morgan fingerprint density at radius 3 is 2.61 bits per heavy atom. The molecule has 0 aliphatic carbocycles. The summed E-state index contributed by atoms with van der Waals surface area (Å²) in [6.07, 6.45) is 0. The van der Waals surface area contributed by atoms with Crippen LogP contribution in [0.1, 0.15) is 24.8 Å². The molecule has 18 heavy (non-hydrogen) atoms. The second-order valence-electron chi connectivity index (χ2n) is 4.51. The van der Waals surface area contributed by atoms with Crippen LogP contribution in [0.5, 0.6) is 0 Å². The van der Waals surface area contributed by atoms with E-state index < -0.39 is 0 Å². The smallest absolute Gasteiger partial charge is 0.0648 e. The summed E-state index contributed by atoms with van der Waals surface area (Å²) < 4.78 is 0.996. The SMILES string of the molecule is CC(C)C(Nc1ccc(Br)cc1Cl)c1cccs1. The van der Waals surface area contributed by atoms with Gasteiger partial charge in [-0.2, -0.15) is 0 Å². The van der Waals surface area contributed by atoms with Crippen LogP contribution in [0.2, 0.25) is 5.02 Å². The first-order chi connectivity index (χ1) is 8.58. The van der Waals surface area contributed by atoms with Crippen molar-refractivity contribution in [2.24, 2.45) is 5.92 Å². The van der Waals surface area contributed by atoms with Crippen molar-refractivity contribution in [3.8, 4) is 0 Å². The summed E-state index contributed by atoms with van der Waals surface area (Å²) in [5.74, 6) is 0.503. The molecule has 0 aliphatic heterocycles. The third kappa shape index (κ3) is 3.28. The quantitative estimate of drug-likeness (QED) is 0.720. The molecule has 1 aromatic carbocycles. The Morgan fingerprint density at radius 2 is 2.06 bits per heavy atom. The van der Waals surface area contributed by atoms with Crippen molar-refractivity contribution in [2.45, 2.75) is 19.9 Å². The molecule has 1 aromatic heterocycles. The largest absolute Gasteiger partial charge is 0.376 e. The number of hydrogen-bond acceptors (Lipinski definition) is 2. The Bertz CT molecular complexity index is 511. The fourth-order valence-electron chi connectivity index (χ4n) is 1.81. The van der Waals surface area contributed by atoms with Crippen LogP contribution >= 0.6 is 38.9 Å². The zero-order chi connectivity index (χ0) is 13.1. The van der Waals surface area contributed by atoms with Gasteiger partial charge in [0.15, 0.2) is 0 Å². The molecular formula is C14H15BrClNS. The molecule has 0 saturated heterocycles. The van der Waals surface area contributed by atoms with Gasteiger partial charge in [0.05, 0.1) is 16.8 Å². The fraction of sp³-hybridized carbons (Fsp3) is 0.286. The highest BCUT2D eigenvalue weighted by atomic mass is 79.9. The van der Waals surface area contributed by atoms with Crippen LogP contribution in [0.4, 0.5) is 5.69 Å². The lowest BCUT2D eigenvalue weighted by atomic mass is 10.0. The standard InChI is InChI=1S/C14H15BrClNS/c1-9(2)14(13-4-3-7-18-13)17-12-6-5-10(15)8-11(12)16/h3-9,14,17H,1-2H3. The minimum atomic E-state index is 0.295. The number of nitrogens with one attached hydrogen (secondary N) is 1. The van der Waals surface area contributed by atoms with E-state index in [0.717, 1.165) is 15.2 Å². The van der Waals surface area contributed by atoms with E-state index in [1.807, 2.05) is 18.2 Å². The molecule has 0 amide bonds. The van der Waals surface area contributed by atoms with Crippen LogP contribution in [0, 0.1) is 5.92 Å². The summed E-state index contributed by atoms with van der Waals surface area (Å²) in [5.41, 5.74) is 0.979. The number of hydrogen-bond donors (Lipinski definition) is 1. The van der Waals surface area contributed by atoms with Crippen LogP contribution in [0.3, 0.4) is 0 Å². The van der Waals surface area contributed by atoms with Crippen molar-refractivity contribution in [3.63, 3.8) is 0 Å². The summed E-state index contributed by atoms with van der Waals surface area (Å²) in [5, 5.41) is 6.38. The van der Waals surface area contributed by atoms with Crippen LogP contribution in [-0.2, 0) is 0 Å². The molecule has 0 radical (unpaired) electrons. The number of halogens is 2. The van der Waals surface area contributed by atoms with Crippen molar-refractivity contribution in [1.82, 2.24) is 0 Å². The van der Waals surface area contributed by atoms with Gasteiger partial charge < -0.3 is 5.32 Å². The van der Waals surface area contributed by atoms with E-state index in [1.54, 1.807) is 11.3 Å². The van der Waals surface area contributed by atoms with E-state index in [4.69, 9.17) is 11.6 Å². The second-order valence-corrected chi connectivity index (χ2v) is 6.81. The van der Waals surface area contributed by atoms with Crippen molar-refractivity contribution >= 4 is 44.6 Å². The first-order valence-corrected chi connectivity index (χ1v) is 7.88. The summed E-state index contributed by atoms with van der Waals surface area (Å²) in [6, 6.07) is 10.5. The normalized spacial score (nSPS) is 12.7. The van der Waals surface area contributed by atoms with Gasteiger partial charge in [-0.05, 0) is 35.6 Å². The van der Waals surface area contributed by atoms with Gasteiger partial charge in [0.1, 0.15) is 0 Å². The van der Waals surface area contributed by atoms with Crippen LogP contribution < -0.4 is 5.32 Å². The molecule has 0 aliphatic rings. The molecule has 0 fully saturated rings. The Morgan fingerprint density at radius 1 is 1.28 bits per heavy atom. The van der Waals surface area contributed by atoms with Gasteiger partial charge in [-0.1, -0.05) is 47.4 Å².